The molecule has 0 aliphatic heterocycles. The maximum absolute atomic E-state index is 11.8. The number of carbonyl (C=O) groups is 2. The quantitative estimate of drug-likeness (QED) is 0.677. The molecule has 1 aromatic rings. The van der Waals surface area contributed by atoms with Gasteiger partial charge < -0.3 is 19.5 Å². The molecule has 0 saturated heterocycles. The van der Waals surface area contributed by atoms with Gasteiger partial charge in [-0.2, -0.15) is 0 Å². The van der Waals surface area contributed by atoms with E-state index in [2.05, 4.69) is 5.32 Å². The van der Waals surface area contributed by atoms with E-state index in [1.165, 1.54) is 0 Å². The number of carbonyl (C=O) groups excluding carboxylic acids is 2. The third-order valence-corrected chi connectivity index (χ3v) is 3.24. The van der Waals surface area contributed by atoms with Crippen LogP contribution in [0.5, 0.6) is 5.75 Å². The predicted octanol–water partition coefficient (Wildman–Crippen LogP) is 3.60. The second kappa shape index (κ2) is 6.89. The molecule has 0 spiro atoms. The van der Waals surface area contributed by atoms with Crippen LogP contribution in [0.1, 0.15) is 45.6 Å². The maximum atomic E-state index is 11.8. The molecule has 1 saturated carbocycles. The fraction of sp³-hybridized carbons (Fsp3) is 0.529. The van der Waals surface area contributed by atoms with Crippen LogP contribution in [0.3, 0.4) is 0 Å². The largest absolute Gasteiger partial charge is 0.513 e. The van der Waals surface area contributed by atoms with Crippen molar-refractivity contribution in [3.8, 4) is 5.75 Å². The van der Waals surface area contributed by atoms with E-state index in [4.69, 9.17) is 14.2 Å². The van der Waals surface area contributed by atoms with Gasteiger partial charge in [0.15, 0.2) is 0 Å². The Morgan fingerprint density at radius 1 is 1.30 bits per heavy atom. The molecule has 1 amide bonds. The number of alkyl carbamates (subject to hydrolysis) is 1. The fourth-order valence-corrected chi connectivity index (χ4v) is 2.23. The third kappa shape index (κ3) is 5.47. The summed E-state index contributed by atoms with van der Waals surface area (Å²) >= 11 is 0. The van der Waals surface area contributed by atoms with Crippen LogP contribution in [-0.4, -0.2) is 30.5 Å². The summed E-state index contributed by atoms with van der Waals surface area (Å²) in [6.07, 6.45) is -0.296. The summed E-state index contributed by atoms with van der Waals surface area (Å²) in [5.41, 5.74) is 0.495. The third-order valence-electron chi connectivity index (χ3n) is 3.24. The lowest BCUT2D eigenvalue weighted by Gasteiger charge is -2.19. The molecule has 1 aliphatic rings. The van der Waals surface area contributed by atoms with Crippen molar-refractivity contribution >= 4 is 12.2 Å². The van der Waals surface area contributed by atoms with Gasteiger partial charge in [0.2, 0.25) is 0 Å². The van der Waals surface area contributed by atoms with Crippen molar-refractivity contribution in [1.29, 1.82) is 0 Å². The molecule has 1 aromatic carbocycles. The van der Waals surface area contributed by atoms with Crippen LogP contribution in [0, 0.1) is 0 Å². The van der Waals surface area contributed by atoms with E-state index in [0.717, 1.165) is 12.0 Å². The Labute approximate surface area is 136 Å². The van der Waals surface area contributed by atoms with Gasteiger partial charge in [-0.3, -0.25) is 0 Å². The van der Waals surface area contributed by atoms with Gasteiger partial charge in [-0.15, -0.1) is 0 Å². The number of ether oxygens (including phenoxy) is 3. The second-order valence-electron chi connectivity index (χ2n) is 6.45. The Bertz CT molecular complexity index is 579. The molecule has 2 atom stereocenters. The topological polar surface area (TPSA) is 73.9 Å². The molecule has 6 nitrogen and oxygen atoms in total. The van der Waals surface area contributed by atoms with Crippen molar-refractivity contribution in [2.24, 2.45) is 0 Å². The van der Waals surface area contributed by atoms with Gasteiger partial charge in [-0.1, -0.05) is 12.1 Å². The van der Waals surface area contributed by atoms with E-state index in [0.29, 0.717) is 5.75 Å². The Morgan fingerprint density at radius 3 is 2.70 bits per heavy atom. The number of benzene rings is 1. The lowest BCUT2D eigenvalue weighted by molar-refractivity contribution is 0.0522. The summed E-state index contributed by atoms with van der Waals surface area (Å²) < 4.78 is 15.1. The predicted molar refractivity (Wildman–Crippen MR) is 84.6 cm³/mol. The van der Waals surface area contributed by atoms with E-state index < -0.39 is 17.8 Å². The maximum Gasteiger partial charge on any atom is 0.513 e. The highest BCUT2D eigenvalue weighted by Gasteiger charge is 2.40. The van der Waals surface area contributed by atoms with E-state index in [9.17, 15) is 9.59 Å². The van der Waals surface area contributed by atoms with Crippen LogP contribution in [0.15, 0.2) is 24.3 Å². The van der Waals surface area contributed by atoms with Crippen LogP contribution < -0.4 is 10.1 Å². The van der Waals surface area contributed by atoms with E-state index in [1.807, 2.05) is 32.9 Å². The van der Waals surface area contributed by atoms with Crippen molar-refractivity contribution in [1.82, 2.24) is 5.32 Å². The number of nitrogens with one attached hydrogen (secondary N) is 1. The fourth-order valence-electron chi connectivity index (χ4n) is 2.23. The Hall–Kier alpha value is -2.24. The zero-order valence-corrected chi connectivity index (χ0v) is 13.9. The molecule has 0 bridgehead atoms. The molecule has 1 aliphatic carbocycles. The molecule has 23 heavy (non-hydrogen) atoms. The molecule has 1 fully saturated rings. The van der Waals surface area contributed by atoms with Gasteiger partial charge in [-0.25, -0.2) is 9.59 Å². The van der Waals surface area contributed by atoms with Gasteiger partial charge in [0, 0.05) is 12.0 Å². The number of rotatable bonds is 4. The first-order chi connectivity index (χ1) is 10.8. The molecule has 0 aromatic heterocycles. The first-order valence-electron chi connectivity index (χ1n) is 7.72. The summed E-state index contributed by atoms with van der Waals surface area (Å²) in [5.74, 6) is 0.636. The summed E-state index contributed by atoms with van der Waals surface area (Å²) in [6, 6.07) is 7.28. The zero-order valence-electron chi connectivity index (χ0n) is 13.9. The highest BCUT2D eigenvalue weighted by molar-refractivity contribution is 5.69. The van der Waals surface area contributed by atoms with Crippen LogP contribution >= 0.6 is 0 Å². The first-order valence-corrected chi connectivity index (χ1v) is 7.72. The number of hydrogen-bond acceptors (Lipinski definition) is 5. The van der Waals surface area contributed by atoms with Gasteiger partial charge in [-0.05, 0) is 51.8 Å². The van der Waals surface area contributed by atoms with E-state index in [1.54, 1.807) is 19.1 Å². The minimum absolute atomic E-state index is 0.0442. The minimum atomic E-state index is -0.719. The molecule has 1 N–H and O–H groups in total. The Morgan fingerprint density at radius 2 is 2.04 bits per heavy atom. The number of amides is 1. The SMILES string of the molecule is CCOC(=O)Oc1cccc(C2CC2NC(=O)OC(C)(C)C)c1. The molecule has 0 radical (unpaired) electrons. The lowest BCUT2D eigenvalue weighted by atomic mass is 10.1. The van der Waals surface area contributed by atoms with Gasteiger partial charge in [0.1, 0.15) is 11.4 Å². The van der Waals surface area contributed by atoms with Crippen molar-refractivity contribution in [2.75, 3.05) is 6.61 Å². The molecule has 0 heterocycles. The zero-order chi connectivity index (χ0) is 17.0. The van der Waals surface area contributed by atoms with Crippen LogP contribution in [0.4, 0.5) is 9.59 Å². The van der Waals surface area contributed by atoms with Crippen LogP contribution in [0.2, 0.25) is 0 Å². The second-order valence-corrected chi connectivity index (χ2v) is 6.45. The highest BCUT2D eigenvalue weighted by atomic mass is 16.7. The monoisotopic (exact) mass is 321 g/mol. The summed E-state index contributed by atoms with van der Waals surface area (Å²) in [5, 5.41) is 2.85. The van der Waals surface area contributed by atoms with E-state index in [-0.39, 0.29) is 18.6 Å². The normalized spacial score (nSPS) is 19.7. The van der Waals surface area contributed by atoms with Gasteiger partial charge in [0.25, 0.3) is 0 Å². The van der Waals surface area contributed by atoms with Crippen LogP contribution in [0.25, 0.3) is 0 Å². The van der Waals surface area contributed by atoms with Crippen LogP contribution in [-0.2, 0) is 9.47 Å². The summed E-state index contributed by atoms with van der Waals surface area (Å²) in [4.78, 5) is 23.1. The average Bonchev–Trinajstić information content (AvgIpc) is 3.16. The minimum Gasteiger partial charge on any atom is -0.444 e. The first kappa shape index (κ1) is 17.1. The summed E-state index contributed by atoms with van der Waals surface area (Å²) in [6.45, 7) is 7.46. The molecular weight excluding hydrogens is 298 g/mol. The number of hydrogen-bond donors (Lipinski definition) is 1. The van der Waals surface area contributed by atoms with Crippen molar-refractivity contribution in [2.45, 2.75) is 51.7 Å². The Balaban J connectivity index is 1.89. The smallest absolute Gasteiger partial charge is 0.444 e. The molecule has 2 unspecified atom stereocenters. The van der Waals surface area contributed by atoms with Crippen molar-refractivity contribution in [3.63, 3.8) is 0 Å². The summed E-state index contributed by atoms with van der Waals surface area (Å²) in [7, 11) is 0. The standard InChI is InChI=1S/C17H23NO5/c1-5-21-16(20)22-12-8-6-7-11(9-12)13-10-14(13)18-15(19)23-17(2,3)4/h6-9,13-14H,5,10H2,1-4H3,(H,18,19). The van der Waals surface area contributed by atoms with Gasteiger partial charge in [0.05, 0.1) is 6.61 Å². The Kier molecular flexibility index (Phi) is 5.13. The molecule has 126 valence electrons. The molecular formula is C17H23NO5. The lowest BCUT2D eigenvalue weighted by Crippen LogP contribution is -2.34. The molecule has 2 rings (SSSR count). The van der Waals surface area contributed by atoms with E-state index >= 15 is 0 Å². The average molecular weight is 321 g/mol. The highest BCUT2D eigenvalue weighted by Crippen LogP contribution is 2.41. The van der Waals surface area contributed by atoms with Crippen molar-refractivity contribution < 1.29 is 23.8 Å². The molecule has 6 heteroatoms. The van der Waals surface area contributed by atoms with Gasteiger partial charge >= 0.3 is 12.2 Å². The van der Waals surface area contributed by atoms with Crippen molar-refractivity contribution in [3.05, 3.63) is 29.8 Å².